The van der Waals surface area contributed by atoms with Crippen LogP contribution < -0.4 is 0 Å². The van der Waals surface area contributed by atoms with E-state index in [1.165, 1.54) is 5.56 Å². The summed E-state index contributed by atoms with van der Waals surface area (Å²) in [5.41, 5.74) is 3.25. The predicted octanol–water partition coefficient (Wildman–Crippen LogP) is 0.928. The molecule has 110 valence electrons. The van der Waals surface area contributed by atoms with Crippen molar-refractivity contribution in [1.82, 2.24) is 14.7 Å². The molecule has 0 heterocycles. The van der Waals surface area contributed by atoms with Gasteiger partial charge in [-0.05, 0) is 60.0 Å². The van der Waals surface area contributed by atoms with E-state index >= 15 is 0 Å². The third kappa shape index (κ3) is 7.00. The van der Waals surface area contributed by atoms with Crippen molar-refractivity contribution in [3.63, 3.8) is 0 Å². The van der Waals surface area contributed by atoms with Crippen LogP contribution in [0.15, 0.2) is 12.1 Å². The number of phenols is 1. The van der Waals surface area contributed by atoms with Crippen molar-refractivity contribution >= 4 is 51.4 Å². The van der Waals surface area contributed by atoms with Gasteiger partial charge in [-0.25, -0.2) is 0 Å². The average Bonchev–Trinajstić information content (AvgIpc) is 2.22. The van der Waals surface area contributed by atoms with Crippen LogP contribution in [0.3, 0.4) is 0 Å². The molecule has 0 atom stereocenters. The van der Waals surface area contributed by atoms with Crippen molar-refractivity contribution < 1.29 is 5.11 Å². The Morgan fingerprint density at radius 3 is 1.40 bits per heavy atom. The first kappa shape index (κ1) is 20.5. The Hall–Kier alpha value is 0.536. The zero-order valence-corrected chi connectivity index (χ0v) is 13.1. The van der Waals surface area contributed by atoms with E-state index in [1.807, 2.05) is 28.2 Å². The Kier molecular flexibility index (Phi) is 9.79. The molecule has 0 radical (unpaired) electrons. The Labute approximate surface area is 166 Å². The first-order chi connectivity index (χ1) is 8.79. The molecule has 1 rings (SSSR count). The van der Waals surface area contributed by atoms with Gasteiger partial charge in [0.2, 0.25) is 0 Å². The normalized spacial score (nSPS) is 11.2. The van der Waals surface area contributed by atoms with Gasteiger partial charge in [-0.1, -0.05) is 0 Å². The van der Waals surface area contributed by atoms with Gasteiger partial charge in [-0.3, -0.25) is 0 Å². The number of benzene rings is 1. The van der Waals surface area contributed by atoms with Crippen molar-refractivity contribution in [3.05, 3.63) is 28.8 Å². The standard InChI is InChI=1S/C15H27N3O.K.H/c1-16(2)9-12-7-13(10-17(3)4)15(19)14(8-12)11-18(5)6;;/h7-8,19H,9-11H2,1-6H3;;. The Balaban J connectivity index is 0.00000361. The van der Waals surface area contributed by atoms with Crippen LogP contribution in [0, 0.1) is 0 Å². The molecule has 1 aromatic carbocycles. The van der Waals surface area contributed by atoms with Crippen molar-refractivity contribution in [3.8, 4) is 5.75 Å². The third-order valence-electron chi connectivity index (χ3n) is 2.80. The second-order valence-corrected chi connectivity index (χ2v) is 5.98. The molecule has 0 aliphatic carbocycles. The summed E-state index contributed by atoms with van der Waals surface area (Å²) in [7, 11) is 12.2. The first-order valence-electron chi connectivity index (χ1n) is 6.57. The van der Waals surface area contributed by atoms with Crippen LogP contribution in [0.2, 0.25) is 0 Å². The van der Waals surface area contributed by atoms with Crippen LogP contribution in [0.4, 0.5) is 0 Å². The molecule has 4 nitrogen and oxygen atoms in total. The predicted molar refractivity (Wildman–Crippen MR) is 87.4 cm³/mol. The fraction of sp³-hybridized carbons (Fsp3) is 0.600. The number of hydrogen-bond acceptors (Lipinski definition) is 4. The van der Waals surface area contributed by atoms with Crippen LogP contribution in [0.25, 0.3) is 0 Å². The molecule has 0 unspecified atom stereocenters. The van der Waals surface area contributed by atoms with Crippen LogP contribution in [0.1, 0.15) is 16.7 Å². The van der Waals surface area contributed by atoms with Gasteiger partial charge in [-0.2, -0.15) is 0 Å². The molecule has 0 fully saturated rings. The second-order valence-electron chi connectivity index (χ2n) is 5.98. The van der Waals surface area contributed by atoms with Crippen LogP contribution in [0.5, 0.6) is 5.75 Å². The fourth-order valence-corrected chi connectivity index (χ4v) is 2.21. The summed E-state index contributed by atoms with van der Waals surface area (Å²) in [6, 6.07) is 4.21. The number of hydrogen-bond donors (Lipinski definition) is 1. The minimum atomic E-state index is 0. The Morgan fingerprint density at radius 1 is 0.750 bits per heavy atom. The van der Waals surface area contributed by atoms with E-state index in [4.69, 9.17) is 0 Å². The van der Waals surface area contributed by atoms with E-state index < -0.39 is 0 Å². The van der Waals surface area contributed by atoms with Crippen molar-refractivity contribution in [2.45, 2.75) is 19.6 Å². The van der Waals surface area contributed by atoms with Crippen molar-refractivity contribution in [1.29, 1.82) is 0 Å². The Bertz CT molecular complexity index is 389. The minimum absolute atomic E-state index is 0. The van der Waals surface area contributed by atoms with E-state index in [1.54, 1.807) is 0 Å². The molecule has 0 spiro atoms. The molecule has 20 heavy (non-hydrogen) atoms. The molecule has 0 aromatic heterocycles. The maximum atomic E-state index is 10.4. The van der Waals surface area contributed by atoms with Gasteiger partial charge in [0.1, 0.15) is 5.75 Å². The molecule has 1 N–H and O–H groups in total. The topological polar surface area (TPSA) is 30.0 Å². The zero-order chi connectivity index (χ0) is 14.6. The molecule has 0 aliphatic rings. The van der Waals surface area contributed by atoms with Gasteiger partial charge in [0.15, 0.2) is 0 Å². The van der Waals surface area contributed by atoms with E-state index in [-0.39, 0.29) is 51.4 Å². The summed E-state index contributed by atoms with van der Waals surface area (Å²) in [6.07, 6.45) is 0. The first-order valence-corrected chi connectivity index (χ1v) is 6.57. The molecule has 0 amide bonds. The fourth-order valence-electron chi connectivity index (χ4n) is 2.21. The SMILES string of the molecule is CN(C)Cc1cc(CN(C)C)c(O)c(CN(C)C)c1.[KH]. The average molecular weight is 306 g/mol. The number of rotatable bonds is 6. The van der Waals surface area contributed by atoms with Crippen molar-refractivity contribution in [2.24, 2.45) is 0 Å². The quantitative estimate of drug-likeness (QED) is 0.792. The Morgan fingerprint density at radius 2 is 1.10 bits per heavy atom. The molecule has 0 saturated carbocycles. The van der Waals surface area contributed by atoms with Crippen LogP contribution >= 0.6 is 0 Å². The zero-order valence-electron chi connectivity index (χ0n) is 13.1. The maximum absolute atomic E-state index is 10.4. The molecule has 1 aromatic rings. The van der Waals surface area contributed by atoms with Gasteiger partial charge >= 0.3 is 51.4 Å². The summed E-state index contributed by atoms with van der Waals surface area (Å²) < 4.78 is 0. The monoisotopic (exact) mass is 305 g/mol. The summed E-state index contributed by atoms with van der Waals surface area (Å²) in [5, 5.41) is 10.4. The molecule has 5 heteroatoms. The molecule has 0 bridgehead atoms. The van der Waals surface area contributed by atoms with Crippen LogP contribution in [-0.4, -0.2) is 113 Å². The molecular weight excluding hydrogens is 277 g/mol. The third-order valence-corrected chi connectivity index (χ3v) is 2.80. The van der Waals surface area contributed by atoms with E-state index in [0.717, 1.165) is 30.8 Å². The number of aromatic hydroxyl groups is 1. The van der Waals surface area contributed by atoms with Gasteiger partial charge in [0.05, 0.1) is 0 Å². The number of nitrogens with zero attached hydrogens (tertiary/aromatic N) is 3. The van der Waals surface area contributed by atoms with Crippen LogP contribution in [-0.2, 0) is 19.6 Å². The van der Waals surface area contributed by atoms with E-state index in [9.17, 15) is 5.11 Å². The van der Waals surface area contributed by atoms with Gasteiger partial charge < -0.3 is 19.8 Å². The second kappa shape index (κ2) is 9.53. The summed E-state index contributed by atoms with van der Waals surface area (Å²) >= 11 is 0. The van der Waals surface area contributed by atoms with Gasteiger partial charge in [0, 0.05) is 30.8 Å². The van der Waals surface area contributed by atoms with Gasteiger partial charge in [0.25, 0.3) is 0 Å². The molecule has 0 aliphatic heterocycles. The molecular formula is C15H28KN3O. The summed E-state index contributed by atoms with van der Waals surface area (Å²) in [4.78, 5) is 6.30. The van der Waals surface area contributed by atoms with Gasteiger partial charge in [-0.15, -0.1) is 0 Å². The number of phenolic OH excluding ortho intramolecular Hbond substituents is 1. The van der Waals surface area contributed by atoms with E-state index in [2.05, 4.69) is 40.9 Å². The van der Waals surface area contributed by atoms with E-state index in [0.29, 0.717) is 5.75 Å². The van der Waals surface area contributed by atoms with Crippen molar-refractivity contribution in [2.75, 3.05) is 42.3 Å². The summed E-state index contributed by atoms with van der Waals surface area (Å²) in [6.45, 7) is 2.40. The molecule has 0 saturated heterocycles. The summed E-state index contributed by atoms with van der Waals surface area (Å²) in [5.74, 6) is 0.435.